The summed E-state index contributed by atoms with van der Waals surface area (Å²) < 4.78 is 12.3. The van der Waals surface area contributed by atoms with E-state index in [2.05, 4.69) is 10.4 Å². The summed E-state index contributed by atoms with van der Waals surface area (Å²) in [7, 11) is 1.59. The van der Waals surface area contributed by atoms with Crippen molar-refractivity contribution < 1.29 is 19.1 Å². The highest BCUT2D eigenvalue weighted by atomic mass is 16.5. The van der Waals surface area contributed by atoms with Crippen molar-refractivity contribution in [1.29, 1.82) is 0 Å². The van der Waals surface area contributed by atoms with Crippen LogP contribution in [0.4, 0.5) is 0 Å². The molecule has 0 aliphatic carbocycles. The first-order chi connectivity index (χ1) is 15.4. The molecule has 1 heterocycles. The summed E-state index contributed by atoms with van der Waals surface area (Å²) >= 11 is 0. The van der Waals surface area contributed by atoms with Gasteiger partial charge in [0.2, 0.25) is 5.91 Å². The predicted octanol–water partition coefficient (Wildman–Crippen LogP) is 4.01. The predicted molar refractivity (Wildman–Crippen MR) is 122 cm³/mol. The molecule has 0 saturated carbocycles. The molecular formula is C25H29N3O4. The van der Waals surface area contributed by atoms with E-state index >= 15 is 0 Å². The van der Waals surface area contributed by atoms with E-state index in [0.717, 1.165) is 16.8 Å². The number of aromatic nitrogens is 2. The molecule has 0 aliphatic heterocycles. The largest absolute Gasteiger partial charge is 0.497 e. The zero-order chi connectivity index (χ0) is 22.9. The van der Waals surface area contributed by atoms with Crippen molar-refractivity contribution in [2.75, 3.05) is 7.11 Å². The number of nitrogens with zero attached hydrogens (tertiary/aromatic N) is 2. The molecule has 0 saturated heterocycles. The maximum absolute atomic E-state index is 12.7. The number of rotatable bonds is 10. The third-order valence-corrected chi connectivity index (χ3v) is 4.89. The topological polar surface area (TPSA) is 82.4 Å². The number of esters is 1. The van der Waals surface area contributed by atoms with Gasteiger partial charge in [-0.1, -0.05) is 30.3 Å². The molecule has 0 radical (unpaired) electrons. The van der Waals surface area contributed by atoms with Crippen molar-refractivity contribution in [2.24, 2.45) is 0 Å². The molecule has 0 fully saturated rings. The SMILES string of the molecule is COc1ccc(C(CC(=O)OC(C)C)NC(=O)CCc2cnn(-c3ccccc3)c2)cc1. The van der Waals surface area contributed by atoms with Gasteiger partial charge >= 0.3 is 5.97 Å². The van der Waals surface area contributed by atoms with Crippen LogP contribution in [-0.2, 0) is 20.7 Å². The normalized spacial score (nSPS) is 11.8. The van der Waals surface area contributed by atoms with Crippen LogP contribution in [0.3, 0.4) is 0 Å². The molecule has 7 heteroatoms. The zero-order valence-corrected chi connectivity index (χ0v) is 18.7. The number of hydrogen-bond acceptors (Lipinski definition) is 5. The fourth-order valence-corrected chi connectivity index (χ4v) is 3.30. The van der Waals surface area contributed by atoms with Gasteiger partial charge in [-0.2, -0.15) is 5.10 Å². The Labute approximate surface area is 188 Å². The number of benzene rings is 2. The van der Waals surface area contributed by atoms with Gasteiger partial charge < -0.3 is 14.8 Å². The molecular weight excluding hydrogens is 406 g/mol. The first-order valence-corrected chi connectivity index (χ1v) is 10.7. The smallest absolute Gasteiger partial charge is 0.308 e. The molecule has 1 aromatic heterocycles. The number of amides is 1. The van der Waals surface area contributed by atoms with E-state index in [1.165, 1.54) is 0 Å². The Morgan fingerprint density at radius 3 is 2.44 bits per heavy atom. The van der Waals surface area contributed by atoms with Gasteiger partial charge in [0, 0.05) is 12.6 Å². The Hall–Kier alpha value is -3.61. The second-order valence-electron chi connectivity index (χ2n) is 7.76. The van der Waals surface area contributed by atoms with Crippen LogP contribution in [0.25, 0.3) is 5.69 Å². The number of nitrogens with one attached hydrogen (secondary N) is 1. The van der Waals surface area contributed by atoms with E-state index in [1.807, 2.05) is 48.7 Å². The lowest BCUT2D eigenvalue weighted by Gasteiger charge is -2.20. The molecule has 3 rings (SSSR count). The van der Waals surface area contributed by atoms with Crippen LogP contribution in [0, 0.1) is 0 Å². The third kappa shape index (κ3) is 6.70. The highest BCUT2D eigenvalue weighted by molar-refractivity contribution is 5.78. The molecule has 0 bridgehead atoms. The molecule has 1 atom stereocenters. The second kappa shape index (κ2) is 11.1. The Balaban J connectivity index is 1.62. The van der Waals surface area contributed by atoms with Gasteiger partial charge in [-0.3, -0.25) is 9.59 Å². The maximum atomic E-state index is 12.7. The van der Waals surface area contributed by atoms with E-state index in [-0.39, 0.29) is 30.8 Å². The van der Waals surface area contributed by atoms with Crippen molar-refractivity contribution in [3.05, 3.63) is 78.1 Å². The maximum Gasteiger partial charge on any atom is 0.308 e. The molecule has 3 aromatic rings. The number of ether oxygens (including phenoxy) is 2. The first-order valence-electron chi connectivity index (χ1n) is 10.7. The monoisotopic (exact) mass is 435 g/mol. The van der Waals surface area contributed by atoms with E-state index in [4.69, 9.17) is 9.47 Å². The van der Waals surface area contributed by atoms with Gasteiger partial charge in [0.25, 0.3) is 0 Å². The summed E-state index contributed by atoms with van der Waals surface area (Å²) in [5.41, 5.74) is 2.74. The van der Waals surface area contributed by atoms with Crippen molar-refractivity contribution in [2.45, 2.75) is 45.3 Å². The second-order valence-corrected chi connectivity index (χ2v) is 7.76. The Kier molecular flexibility index (Phi) is 8.02. The fraction of sp³-hybridized carbons (Fsp3) is 0.320. The molecule has 1 unspecified atom stereocenters. The molecule has 1 amide bonds. The summed E-state index contributed by atoms with van der Waals surface area (Å²) in [6.07, 6.45) is 4.36. The Morgan fingerprint density at radius 1 is 1.06 bits per heavy atom. The van der Waals surface area contributed by atoms with Crippen LogP contribution in [0.15, 0.2) is 67.0 Å². The number of methoxy groups -OCH3 is 1. The van der Waals surface area contributed by atoms with Gasteiger partial charge in [-0.05, 0) is 55.7 Å². The highest BCUT2D eigenvalue weighted by Gasteiger charge is 2.20. The van der Waals surface area contributed by atoms with E-state index in [9.17, 15) is 9.59 Å². The average Bonchev–Trinajstić information content (AvgIpc) is 3.26. The third-order valence-electron chi connectivity index (χ3n) is 4.89. The molecule has 168 valence electrons. The summed E-state index contributed by atoms with van der Waals surface area (Å²) in [5, 5.41) is 7.34. The first kappa shape index (κ1) is 23.1. The Morgan fingerprint density at radius 2 is 1.78 bits per heavy atom. The van der Waals surface area contributed by atoms with Crippen LogP contribution in [0.5, 0.6) is 5.75 Å². The Bertz CT molecular complexity index is 1010. The summed E-state index contributed by atoms with van der Waals surface area (Å²) in [6, 6.07) is 16.6. The summed E-state index contributed by atoms with van der Waals surface area (Å²) in [4.78, 5) is 24.9. The number of carbonyl (C=O) groups is 2. The minimum absolute atomic E-state index is 0.0577. The summed E-state index contributed by atoms with van der Waals surface area (Å²) in [6.45, 7) is 3.60. The molecule has 1 N–H and O–H groups in total. The number of carbonyl (C=O) groups excluding carboxylic acids is 2. The van der Waals surface area contributed by atoms with Crippen LogP contribution < -0.4 is 10.1 Å². The van der Waals surface area contributed by atoms with E-state index < -0.39 is 6.04 Å². The lowest BCUT2D eigenvalue weighted by molar-refractivity contribution is -0.148. The van der Waals surface area contributed by atoms with Crippen molar-refractivity contribution >= 4 is 11.9 Å². The molecule has 0 spiro atoms. The van der Waals surface area contributed by atoms with Gasteiger partial charge in [0.05, 0.1) is 37.6 Å². The quantitative estimate of drug-likeness (QED) is 0.487. The van der Waals surface area contributed by atoms with E-state index in [0.29, 0.717) is 12.2 Å². The van der Waals surface area contributed by atoms with Gasteiger partial charge in [0.15, 0.2) is 0 Å². The lowest BCUT2D eigenvalue weighted by Crippen LogP contribution is -2.31. The lowest BCUT2D eigenvalue weighted by atomic mass is 10.0. The minimum Gasteiger partial charge on any atom is -0.497 e. The molecule has 0 aliphatic rings. The average molecular weight is 436 g/mol. The summed E-state index contributed by atoms with van der Waals surface area (Å²) in [5.74, 6) is 0.208. The minimum atomic E-state index is -0.480. The van der Waals surface area contributed by atoms with Crippen LogP contribution in [-0.4, -0.2) is 34.9 Å². The van der Waals surface area contributed by atoms with Crippen molar-refractivity contribution in [3.63, 3.8) is 0 Å². The molecule has 32 heavy (non-hydrogen) atoms. The number of para-hydroxylation sites is 1. The van der Waals surface area contributed by atoms with Gasteiger partial charge in [0.1, 0.15) is 5.75 Å². The van der Waals surface area contributed by atoms with Gasteiger partial charge in [-0.15, -0.1) is 0 Å². The van der Waals surface area contributed by atoms with Crippen LogP contribution in [0.2, 0.25) is 0 Å². The van der Waals surface area contributed by atoms with Crippen molar-refractivity contribution in [3.8, 4) is 11.4 Å². The van der Waals surface area contributed by atoms with Crippen molar-refractivity contribution in [1.82, 2.24) is 15.1 Å². The van der Waals surface area contributed by atoms with Crippen LogP contribution >= 0.6 is 0 Å². The standard InChI is InChI=1S/C25H29N3O4/c1-18(2)32-25(30)15-23(20-10-12-22(31-3)13-11-20)27-24(29)14-9-19-16-26-28(17-19)21-7-5-4-6-8-21/h4-8,10-13,16-18,23H,9,14-15H2,1-3H3,(H,27,29). The number of hydrogen-bond donors (Lipinski definition) is 1. The van der Waals surface area contributed by atoms with E-state index in [1.54, 1.807) is 44.0 Å². The zero-order valence-electron chi connectivity index (χ0n) is 18.7. The van der Waals surface area contributed by atoms with Gasteiger partial charge in [-0.25, -0.2) is 4.68 Å². The number of aryl methyl sites for hydroxylation is 1. The highest BCUT2D eigenvalue weighted by Crippen LogP contribution is 2.21. The fourth-order valence-electron chi connectivity index (χ4n) is 3.30. The molecule has 2 aromatic carbocycles. The van der Waals surface area contributed by atoms with Crippen LogP contribution in [0.1, 0.15) is 43.9 Å². The molecule has 7 nitrogen and oxygen atoms in total.